The quantitative estimate of drug-likeness (QED) is 0.0153. The standard InChI is InChI=1S/C24H29ClN2O3.C21H22ClNO3.C20H18ClN3O3.C20H21ClN2O3/c1-17(26)27-16-6-4-5-7-22(28)24(2,3)30-21-14-10-19(11-15-21)23(29)18-8-12-20(25)13-9-18;1-14(23-4)13-19(24)21(2,3)26-18-11-7-16(8-12-18)20(25)15-5-9-17(22)10-6-15;1-20(2,17(25)11-18-22-12-23-24-18)27-16-9-5-14(6-10-16)19(26)13-3-7-15(21)8-4-13;1-13(22)23-12-18(24)20(2,3)26-17-10-6-15(7-11-17)19(25)14-4-8-16(21)9-5-14/h8-15H,4-7,16H2,1-3H3,(H2,26,27);5-12H,13H2,1-4H3;3-10,12H,11H2,1-2H3,(H,22,23,24);4-11H,12H2,1-3H3,(H2,22,23). The first-order chi connectivity index (χ1) is 51.4. The molecule has 0 atom stereocenters. The van der Waals surface area contributed by atoms with E-state index in [1.807, 2.05) is 6.92 Å². The minimum atomic E-state index is -1.05. The largest absolute Gasteiger partial charge is 0.480 e. The SMILES string of the molecule is CC(C)(Oc1ccc(C(=O)c2ccc(Cl)cc2)cc1)C(=O)Cc1ncn[nH]1.CC(N)=NCC(=O)C(C)(C)Oc1ccc(C(=O)c2ccc(Cl)cc2)cc1.CC(N)=NCCCCCC(=O)C(C)(C)Oc1ccc(C(=O)c2ccc(Cl)cc2)cc1.CN=C(C)CC(=O)C(C)(C)Oc1ccc(C(=O)c2ccc(Cl)cc2)cc1. The second-order valence-electron chi connectivity index (χ2n) is 27.1. The highest BCUT2D eigenvalue weighted by atomic mass is 35.5. The number of hydrogen-bond acceptors (Lipinski definition) is 17. The summed E-state index contributed by atoms with van der Waals surface area (Å²) in [5, 5.41) is 8.71. The number of benzene rings is 8. The number of unbranched alkanes of at least 4 members (excludes halogenated alkanes) is 2. The van der Waals surface area contributed by atoms with Gasteiger partial charge in [0.25, 0.3) is 0 Å². The van der Waals surface area contributed by atoms with Gasteiger partial charge >= 0.3 is 0 Å². The van der Waals surface area contributed by atoms with Crippen molar-refractivity contribution in [3.05, 3.63) is 271 Å². The molecule has 1 aromatic heterocycles. The number of rotatable bonds is 32. The van der Waals surface area contributed by atoms with E-state index in [0.29, 0.717) is 118 Å². The highest BCUT2D eigenvalue weighted by Crippen LogP contribution is 2.28. The second-order valence-corrected chi connectivity index (χ2v) is 28.9. The number of nitrogens with one attached hydrogen (secondary N) is 1. The average Bonchev–Trinajstić information content (AvgIpc) is 1.18. The van der Waals surface area contributed by atoms with Crippen LogP contribution < -0.4 is 30.4 Å². The molecule has 0 unspecified atom stereocenters. The molecule has 0 aliphatic carbocycles. The Bertz CT molecular complexity index is 4650. The Morgan fingerprint density at radius 1 is 0.385 bits per heavy atom. The molecule has 0 bridgehead atoms. The third-order valence-electron chi connectivity index (χ3n) is 16.6. The number of carbonyl (C=O) groups excluding carboxylic acids is 8. The lowest BCUT2D eigenvalue weighted by Gasteiger charge is -2.25. The van der Waals surface area contributed by atoms with Crippen LogP contribution in [0, 0.1) is 0 Å². The van der Waals surface area contributed by atoms with E-state index in [0.717, 1.165) is 25.0 Å². The summed E-state index contributed by atoms with van der Waals surface area (Å²) in [5.74, 6) is 2.73. The molecule has 0 spiro atoms. The average molecular weight is 1560 g/mol. The van der Waals surface area contributed by atoms with Crippen LogP contribution in [-0.4, -0.2) is 121 Å². The van der Waals surface area contributed by atoms with Crippen molar-refractivity contribution < 1.29 is 57.3 Å². The van der Waals surface area contributed by atoms with Gasteiger partial charge in [-0.15, -0.1) is 0 Å². The Labute approximate surface area is 656 Å². The number of nitrogens with zero attached hydrogens (tertiary/aromatic N) is 5. The molecule has 0 saturated carbocycles. The molecule has 0 saturated heterocycles. The number of H-pyrrole nitrogens is 1. The summed E-state index contributed by atoms with van der Waals surface area (Å²) < 4.78 is 23.3. The molecule has 24 heteroatoms. The highest BCUT2D eigenvalue weighted by Gasteiger charge is 2.33. The molecule has 0 fully saturated rings. The van der Waals surface area contributed by atoms with E-state index >= 15 is 0 Å². The van der Waals surface area contributed by atoms with Crippen LogP contribution in [0.3, 0.4) is 0 Å². The van der Waals surface area contributed by atoms with E-state index in [1.165, 1.54) is 6.33 Å². The van der Waals surface area contributed by atoms with E-state index in [4.69, 9.17) is 76.8 Å². The minimum absolute atomic E-state index is 0.0392. The number of amidine groups is 2. The monoisotopic (exact) mass is 1550 g/mol. The van der Waals surface area contributed by atoms with Gasteiger partial charge in [0.2, 0.25) is 0 Å². The number of aromatic amines is 1. The van der Waals surface area contributed by atoms with Gasteiger partial charge in [0.1, 0.15) is 41.7 Å². The summed E-state index contributed by atoms with van der Waals surface area (Å²) in [5.41, 5.74) is 12.1. The fourth-order valence-corrected chi connectivity index (χ4v) is 10.4. The number of carbonyl (C=O) groups is 8. The molecule has 109 heavy (non-hydrogen) atoms. The maximum Gasteiger partial charge on any atom is 0.197 e. The molecular formula is C85H90Cl4N8O12. The van der Waals surface area contributed by atoms with E-state index in [9.17, 15) is 38.4 Å². The third kappa shape index (κ3) is 28.4. The van der Waals surface area contributed by atoms with Crippen molar-refractivity contribution in [1.29, 1.82) is 0 Å². The van der Waals surface area contributed by atoms with Crippen molar-refractivity contribution >= 4 is 110 Å². The van der Waals surface area contributed by atoms with Crippen LogP contribution in [0.1, 0.15) is 178 Å². The number of ether oxygens (including phenoxy) is 4. The summed E-state index contributed by atoms with van der Waals surface area (Å²) in [7, 11) is 1.66. The van der Waals surface area contributed by atoms with E-state index in [-0.39, 0.29) is 65.7 Å². The number of hydrogen-bond donors (Lipinski definition) is 3. The van der Waals surface area contributed by atoms with Crippen molar-refractivity contribution in [1.82, 2.24) is 15.2 Å². The number of nitrogens with two attached hydrogens (primary N) is 2. The lowest BCUT2D eigenvalue weighted by Crippen LogP contribution is -2.40. The van der Waals surface area contributed by atoms with Gasteiger partial charge in [-0.25, -0.2) is 4.98 Å². The van der Waals surface area contributed by atoms with Crippen LogP contribution in [0.25, 0.3) is 0 Å². The molecule has 0 aliphatic heterocycles. The van der Waals surface area contributed by atoms with Crippen LogP contribution in [0.15, 0.2) is 215 Å². The van der Waals surface area contributed by atoms with Crippen molar-refractivity contribution in [2.45, 2.75) is 137 Å². The zero-order valence-corrected chi connectivity index (χ0v) is 66.0. The molecule has 9 rings (SSSR count). The van der Waals surface area contributed by atoms with E-state index in [2.05, 4.69) is 30.2 Å². The summed E-state index contributed by atoms with van der Waals surface area (Å²) >= 11 is 23.4. The van der Waals surface area contributed by atoms with Crippen molar-refractivity contribution in [3.8, 4) is 23.0 Å². The van der Waals surface area contributed by atoms with Crippen LogP contribution >= 0.6 is 46.4 Å². The van der Waals surface area contributed by atoms with Gasteiger partial charge in [-0.3, -0.25) is 58.4 Å². The third-order valence-corrected chi connectivity index (χ3v) is 17.6. The molecule has 20 nitrogen and oxygen atoms in total. The van der Waals surface area contributed by atoms with E-state index < -0.39 is 22.4 Å². The molecule has 0 aliphatic rings. The minimum Gasteiger partial charge on any atom is -0.480 e. The predicted molar refractivity (Wildman–Crippen MR) is 431 cm³/mol. The fourth-order valence-electron chi connectivity index (χ4n) is 9.90. The van der Waals surface area contributed by atoms with Crippen molar-refractivity contribution in [2.24, 2.45) is 26.4 Å². The Morgan fingerprint density at radius 3 is 0.954 bits per heavy atom. The number of aliphatic imine (C=N–C) groups is 3. The number of aromatic nitrogens is 3. The maximum absolute atomic E-state index is 12.6. The summed E-state index contributed by atoms with van der Waals surface area (Å²) in [4.78, 5) is 116. The molecule has 0 amide bonds. The van der Waals surface area contributed by atoms with Crippen LogP contribution in [0.4, 0.5) is 0 Å². The zero-order valence-electron chi connectivity index (χ0n) is 63.0. The van der Waals surface area contributed by atoms with Gasteiger partial charge in [0.15, 0.2) is 68.7 Å². The van der Waals surface area contributed by atoms with Gasteiger partial charge in [-0.05, 0) is 283 Å². The zero-order chi connectivity index (χ0) is 80.2. The van der Waals surface area contributed by atoms with Gasteiger partial charge in [-0.2, -0.15) is 5.10 Å². The topological polar surface area (TPSA) is 304 Å². The normalized spacial score (nSPS) is 11.8. The molecule has 9 aromatic rings. The molecule has 0 radical (unpaired) electrons. The Balaban J connectivity index is 0.000000227. The van der Waals surface area contributed by atoms with Gasteiger partial charge in [0, 0.05) is 96.7 Å². The molecule has 8 aromatic carbocycles. The van der Waals surface area contributed by atoms with Crippen LogP contribution in [0.5, 0.6) is 23.0 Å². The van der Waals surface area contributed by atoms with Crippen LogP contribution in [0.2, 0.25) is 20.1 Å². The fraction of sp³-hybridized carbons (Fsp3) is 0.282. The van der Waals surface area contributed by atoms with Gasteiger partial charge in [0.05, 0.1) is 18.1 Å². The van der Waals surface area contributed by atoms with Crippen molar-refractivity contribution in [3.63, 3.8) is 0 Å². The summed E-state index contributed by atoms with van der Waals surface area (Å²) in [6, 6.07) is 53.8. The van der Waals surface area contributed by atoms with Crippen molar-refractivity contribution in [2.75, 3.05) is 20.1 Å². The first-order valence-electron chi connectivity index (χ1n) is 34.8. The summed E-state index contributed by atoms with van der Waals surface area (Å²) in [6.45, 7) is 19.6. The van der Waals surface area contributed by atoms with Gasteiger partial charge in [-0.1, -0.05) is 52.8 Å². The first kappa shape index (κ1) is 87.1. The molecule has 5 N–H and O–H groups in total. The van der Waals surface area contributed by atoms with Gasteiger partial charge < -0.3 is 30.4 Å². The number of Topliss-reactive ketones (excluding diaryl/α,β-unsaturated/α-hetero) is 4. The van der Waals surface area contributed by atoms with Crippen LogP contribution in [-0.2, 0) is 25.6 Å². The Hall–Kier alpha value is -10.8. The Kier molecular flexibility index (Phi) is 32.8. The lowest BCUT2D eigenvalue weighted by molar-refractivity contribution is -0.132. The van der Waals surface area contributed by atoms with E-state index in [1.54, 1.807) is 270 Å². The second kappa shape index (κ2) is 41.0. The maximum atomic E-state index is 12.6. The molecule has 1 heterocycles. The number of halogens is 4. The first-order valence-corrected chi connectivity index (χ1v) is 36.3. The summed E-state index contributed by atoms with van der Waals surface area (Å²) in [6.07, 6.45) is 4.76. The lowest BCUT2D eigenvalue weighted by atomic mass is 9.97. The Morgan fingerprint density at radius 2 is 0.670 bits per heavy atom. The predicted octanol–water partition coefficient (Wildman–Crippen LogP) is 17.3. The smallest absolute Gasteiger partial charge is 0.197 e. The number of ketones is 8. The molecule has 570 valence electrons. The molecular weight excluding hydrogens is 1470 g/mol. The highest BCUT2D eigenvalue weighted by molar-refractivity contribution is 6.32.